The fourth-order valence-corrected chi connectivity index (χ4v) is 3.67. The zero-order chi connectivity index (χ0) is 20.2. The van der Waals surface area contributed by atoms with E-state index in [1.54, 1.807) is 6.21 Å². The van der Waals surface area contributed by atoms with Gasteiger partial charge in [0.25, 0.3) is 0 Å². The van der Waals surface area contributed by atoms with E-state index in [9.17, 15) is 4.79 Å². The van der Waals surface area contributed by atoms with E-state index >= 15 is 0 Å². The van der Waals surface area contributed by atoms with Crippen molar-refractivity contribution in [1.29, 1.82) is 0 Å². The average molecular weight is 389 g/mol. The van der Waals surface area contributed by atoms with Gasteiger partial charge in [-0.3, -0.25) is 4.90 Å². The number of aromatic nitrogens is 2. The largest absolute Gasteiger partial charge is 0.434 e. The van der Waals surface area contributed by atoms with Crippen molar-refractivity contribution < 1.29 is 4.42 Å². The standard InChI is InChI=1S/C22H23N5O2/c1-3-17-6-4-12-23-20(17)24-15(2)19-7-5-13-27(19)14-16-8-10-18(11-9-16)21-25-26-22(28)29-21/h3-4,6,8-12,19H,2,5,7,13-14H2,1H3,(H,26,28)/b17-3-,24-20?/t19-/m1/s1. The molecule has 0 saturated carbocycles. The van der Waals surface area contributed by atoms with Crippen LogP contribution in [-0.4, -0.2) is 39.7 Å². The summed E-state index contributed by atoms with van der Waals surface area (Å²) in [6.45, 7) is 8.03. The predicted molar refractivity (Wildman–Crippen MR) is 114 cm³/mol. The summed E-state index contributed by atoms with van der Waals surface area (Å²) < 4.78 is 5.00. The molecule has 0 unspecified atom stereocenters. The zero-order valence-corrected chi connectivity index (χ0v) is 16.3. The lowest BCUT2D eigenvalue weighted by Gasteiger charge is -2.25. The molecule has 0 spiro atoms. The summed E-state index contributed by atoms with van der Waals surface area (Å²) in [5, 5.41) is 6.14. The van der Waals surface area contributed by atoms with Crippen molar-refractivity contribution in [3.8, 4) is 11.5 Å². The molecule has 0 aliphatic carbocycles. The number of hydrogen-bond acceptors (Lipinski definition) is 5. The van der Waals surface area contributed by atoms with Crippen molar-refractivity contribution in [3.05, 3.63) is 76.5 Å². The molecule has 1 aromatic heterocycles. The Balaban J connectivity index is 1.46. The van der Waals surface area contributed by atoms with Gasteiger partial charge in [-0.25, -0.2) is 19.9 Å². The number of amidine groups is 1. The highest BCUT2D eigenvalue weighted by molar-refractivity contribution is 6.09. The third-order valence-electron chi connectivity index (χ3n) is 5.15. The van der Waals surface area contributed by atoms with Gasteiger partial charge in [-0.05, 0) is 56.2 Å². The highest BCUT2D eigenvalue weighted by Gasteiger charge is 2.27. The average Bonchev–Trinajstić information content (AvgIpc) is 3.38. The summed E-state index contributed by atoms with van der Waals surface area (Å²) >= 11 is 0. The molecule has 0 amide bonds. The Morgan fingerprint density at radius 2 is 2.24 bits per heavy atom. The van der Waals surface area contributed by atoms with Crippen LogP contribution >= 0.6 is 0 Å². The van der Waals surface area contributed by atoms with E-state index in [1.807, 2.05) is 49.4 Å². The molecule has 0 radical (unpaired) electrons. The number of nitrogens with one attached hydrogen (secondary N) is 1. The molecular weight excluding hydrogens is 366 g/mol. The molecule has 29 heavy (non-hydrogen) atoms. The smallest absolute Gasteiger partial charge is 0.388 e. The second kappa shape index (κ2) is 8.36. The first-order valence-electron chi connectivity index (χ1n) is 9.68. The van der Waals surface area contributed by atoms with Gasteiger partial charge in [0.1, 0.15) is 0 Å². The van der Waals surface area contributed by atoms with Crippen LogP contribution in [0, 0.1) is 0 Å². The Morgan fingerprint density at radius 1 is 1.41 bits per heavy atom. The number of dihydropyridines is 1. The summed E-state index contributed by atoms with van der Waals surface area (Å²) in [4.78, 5) is 22.6. The molecule has 2 aliphatic heterocycles. The Labute approximate surface area is 168 Å². The van der Waals surface area contributed by atoms with E-state index < -0.39 is 5.76 Å². The molecule has 1 aromatic carbocycles. The van der Waals surface area contributed by atoms with E-state index in [0.29, 0.717) is 5.89 Å². The third kappa shape index (κ3) is 4.25. The molecule has 1 fully saturated rings. The molecule has 7 heteroatoms. The Morgan fingerprint density at radius 3 is 2.97 bits per heavy atom. The Hall–Kier alpha value is -3.32. The summed E-state index contributed by atoms with van der Waals surface area (Å²) in [5.74, 6) is 0.464. The van der Waals surface area contributed by atoms with Crippen molar-refractivity contribution in [2.24, 2.45) is 9.98 Å². The fourth-order valence-electron chi connectivity index (χ4n) is 3.67. The van der Waals surface area contributed by atoms with Crippen LogP contribution < -0.4 is 5.76 Å². The Bertz CT molecular complexity index is 1070. The highest BCUT2D eigenvalue weighted by atomic mass is 16.4. The molecule has 0 bridgehead atoms. The fraction of sp³-hybridized carbons (Fsp3) is 0.273. The van der Waals surface area contributed by atoms with Gasteiger partial charge >= 0.3 is 5.76 Å². The Kier molecular flexibility index (Phi) is 5.48. The van der Waals surface area contributed by atoms with Crippen LogP contribution in [0.1, 0.15) is 25.3 Å². The molecular formula is C22H23N5O2. The summed E-state index contributed by atoms with van der Waals surface area (Å²) in [5.41, 5.74) is 3.80. The van der Waals surface area contributed by atoms with Crippen LogP contribution in [0.3, 0.4) is 0 Å². The zero-order valence-electron chi connectivity index (χ0n) is 16.3. The van der Waals surface area contributed by atoms with Gasteiger partial charge in [0.2, 0.25) is 5.89 Å². The van der Waals surface area contributed by atoms with Crippen LogP contribution in [0.5, 0.6) is 0 Å². The predicted octanol–water partition coefficient (Wildman–Crippen LogP) is 3.49. The number of benzene rings is 1. The SMILES string of the molecule is C=C(N=C1N=CC=C/C1=C/C)[C@H]1CCCN1Cc1ccc(-c2n[nH]c(=O)o2)cc1. The van der Waals surface area contributed by atoms with Crippen LogP contribution in [0.2, 0.25) is 0 Å². The van der Waals surface area contributed by atoms with Crippen molar-refractivity contribution in [3.63, 3.8) is 0 Å². The lowest BCUT2D eigenvalue weighted by atomic mass is 10.1. The maximum atomic E-state index is 11.1. The lowest BCUT2D eigenvalue weighted by molar-refractivity contribution is 0.271. The number of aliphatic imine (C=N–C) groups is 2. The summed E-state index contributed by atoms with van der Waals surface area (Å²) in [7, 11) is 0. The number of H-pyrrole nitrogens is 1. The number of aromatic amines is 1. The van der Waals surface area contributed by atoms with Crippen molar-refractivity contribution in [2.45, 2.75) is 32.4 Å². The number of rotatable bonds is 5. The van der Waals surface area contributed by atoms with Gasteiger partial charge in [-0.1, -0.05) is 24.8 Å². The molecule has 148 valence electrons. The van der Waals surface area contributed by atoms with E-state index in [2.05, 4.69) is 26.7 Å². The number of likely N-dealkylation sites (tertiary alicyclic amines) is 1. The molecule has 2 aliphatic rings. The second-order valence-electron chi connectivity index (χ2n) is 7.05. The van der Waals surface area contributed by atoms with Gasteiger partial charge in [0.15, 0.2) is 5.84 Å². The summed E-state index contributed by atoms with van der Waals surface area (Å²) in [6, 6.07) is 8.09. The molecule has 1 atom stereocenters. The van der Waals surface area contributed by atoms with Gasteiger partial charge in [0, 0.05) is 23.9 Å². The van der Waals surface area contributed by atoms with Gasteiger partial charge in [-0.15, -0.1) is 5.10 Å². The normalized spacial score (nSPS) is 22.0. The molecule has 3 heterocycles. The van der Waals surface area contributed by atoms with E-state index in [-0.39, 0.29) is 6.04 Å². The van der Waals surface area contributed by atoms with Crippen molar-refractivity contribution in [2.75, 3.05) is 6.54 Å². The van der Waals surface area contributed by atoms with Crippen LogP contribution in [0.4, 0.5) is 0 Å². The molecule has 1 saturated heterocycles. The molecule has 7 nitrogen and oxygen atoms in total. The van der Waals surface area contributed by atoms with Gasteiger partial charge < -0.3 is 4.42 Å². The second-order valence-corrected chi connectivity index (χ2v) is 7.05. The maximum absolute atomic E-state index is 11.1. The first kappa shape index (κ1) is 19.0. The van der Waals surface area contributed by atoms with Gasteiger partial charge in [-0.2, -0.15) is 0 Å². The maximum Gasteiger partial charge on any atom is 0.434 e. The molecule has 1 N–H and O–H groups in total. The van der Waals surface area contributed by atoms with Crippen LogP contribution in [-0.2, 0) is 6.54 Å². The topological polar surface area (TPSA) is 86.9 Å². The lowest BCUT2D eigenvalue weighted by Crippen LogP contribution is -2.30. The minimum Gasteiger partial charge on any atom is -0.388 e. The first-order valence-corrected chi connectivity index (χ1v) is 9.68. The summed E-state index contributed by atoms with van der Waals surface area (Å²) in [6.07, 6.45) is 9.84. The van der Waals surface area contributed by atoms with E-state index in [0.717, 1.165) is 48.6 Å². The highest BCUT2D eigenvalue weighted by Crippen LogP contribution is 2.27. The molecule has 4 rings (SSSR count). The van der Waals surface area contributed by atoms with Crippen LogP contribution in [0.15, 0.2) is 79.5 Å². The minimum atomic E-state index is -0.553. The van der Waals surface area contributed by atoms with Crippen molar-refractivity contribution in [1.82, 2.24) is 15.1 Å². The monoisotopic (exact) mass is 389 g/mol. The van der Waals surface area contributed by atoms with Crippen LogP contribution in [0.25, 0.3) is 11.5 Å². The quantitative estimate of drug-likeness (QED) is 0.848. The number of hydrogen-bond donors (Lipinski definition) is 1. The number of nitrogens with zero attached hydrogens (tertiary/aromatic N) is 4. The third-order valence-corrected chi connectivity index (χ3v) is 5.15. The minimum absolute atomic E-state index is 0.200. The van der Waals surface area contributed by atoms with E-state index in [4.69, 9.17) is 9.41 Å². The van der Waals surface area contributed by atoms with Gasteiger partial charge in [0.05, 0.1) is 11.7 Å². The first-order chi connectivity index (χ1) is 14.1. The number of allylic oxidation sites excluding steroid dienone is 2. The van der Waals surface area contributed by atoms with E-state index in [1.165, 1.54) is 5.56 Å². The van der Waals surface area contributed by atoms with Crippen molar-refractivity contribution >= 4 is 12.1 Å². The molecule has 2 aromatic rings.